The summed E-state index contributed by atoms with van der Waals surface area (Å²) in [6.07, 6.45) is 2.02. The average molecular weight is 294 g/mol. The predicted octanol–water partition coefficient (Wildman–Crippen LogP) is 1.17. The highest BCUT2D eigenvalue weighted by molar-refractivity contribution is 5.88. The van der Waals surface area contributed by atoms with Gasteiger partial charge >= 0.3 is 12.0 Å². The first kappa shape index (κ1) is 15.0. The molecule has 1 heterocycles. The molecule has 114 valence electrons. The van der Waals surface area contributed by atoms with E-state index in [2.05, 4.69) is 20.6 Å². The van der Waals surface area contributed by atoms with E-state index in [0.29, 0.717) is 24.4 Å². The highest BCUT2D eigenvalue weighted by Gasteiger charge is 2.33. The Kier molecular flexibility index (Phi) is 4.56. The van der Waals surface area contributed by atoms with Gasteiger partial charge in [0.25, 0.3) is 0 Å². The summed E-state index contributed by atoms with van der Waals surface area (Å²) in [6, 6.07) is 0.760. The number of hydrogen-bond acceptors (Lipinski definition) is 5. The van der Waals surface area contributed by atoms with Crippen LogP contribution in [0.15, 0.2) is 6.07 Å². The number of carbonyl (C=O) groups excluding carboxylic acids is 1. The van der Waals surface area contributed by atoms with E-state index in [4.69, 9.17) is 9.84 Å². The molecule has 2 amide bonds. The smallest absolute Gasteiger partial charge is 0.321 e. The molecule has 3 N–H and O–H groups in total. The van der Waals surface area contributed by atoms with Crippen molar-refractivity contribution in [3.63, 3.8) is 0 Å². The topological polar surface area (TPSA) is 113 Å². The van der Waals surface area contributed by atoms with Crippen molar-refractivity contribution in [2.24, 2.45) is 5.92 Å². The summed E-state index contributed by atoms with van der Waals surface area (Å²) in [6.45, 7) is 1.75. The van der Waals surface area contributed by atoms with Gasteiger partial charge in [0, 0.05) is 17.8 Å². The molecule has 0 spiro atoms. The van der Waals surface area contributed by atoms with E-state index in [1.807, 2.05) is 0 Å². The van der Waals surface area contributed by atoms with Gasteiger partial charge in [-0.05, 0) is 19.8 Å². The minimum Gasteiger partial charge on any atom is -0.481 e. The molecule has 0 aliphatic heterocycles. The molecule has 2 atom stereocenters. The van der Waals surface area contributed by atoms with Crippen LogP contribution in [-0.4, -0.2) is 40.2 Å². The van der Waals surface area contributed by atoms with Crippen molar-refractivity contribution in [2.75, 3.05) is 12.4 Å². The van der Waals surface area contributed by atoms with Gasteiger partial charge in [-0.15, -0.1) is 0 Å². The third kappa shape index (κ3) is 3.80. The minimum absolute atomic E-state index is 0.120. The number of ether oxygens (including phenoxy) is 1. The molecule has 0 radical (unpaired) electrons. The maximum absolute atomic E-state index is 11.9. The van der Waals surface area contributed by atoms with Gasteiger partial charge in [0.1, 0.15) is 0 Å². The van der Waals surface area contributed by atoms with Crippen LogP contribution >= 0.6 is 0 Å². The quantitative estimate of drug-likeness (QED) is 0.768. The third-order valence-electron chi connectivity index (χ3n) is 3.41. The average Bonchev–Trinajstić information content (AvgIpc) is 2.85. The summed E-state index contributed by atoms with van der Waals surface area (Å²) in [5.41, 5.74) is 0.654. The van der Waals surface area contributed by atoms with Crippen LogP contribution < -0.4 is 15.4 Å². The van der Waals surface area contributed by atoms with Gasteiger partial charge in [-0.1, -0.05) is 6.42 Å². The zero-order chi connectivity index (χ0) is 15.4. The number of rotatable bonds is 4. The second kappa shape index (κ2) is 6.38. The number of urea groups is 1. The van der Waals surface area contributed by atoms with Gasteiger partial charge in [0.05, 0.1) is 13.0 Å². The monoisotopic (exact) mass is 294 g/mol. The zero-order valence-corrected chi connectivity index (χ0v) is 11.9. The number of aryl methyl sites for hydroxylation is 1. The molecule has 1 fully saturated rings. The Morgan fingerprint density at radius 3 is 2.81 bits per heavy atom. The molecule has 2 rings (SSSR count). The molecule has 0 saturated heterocycles. The van der Waals surface area contributed by atoms with Crippen LogP contribution in [0.5, 0.6) is 5.88 Å². The summed E-state index contributed by atoms with van der Waals surface area (Å²) in [5.74, 6) is -0.953. The van der Waals surface area contributed by atoms with Crippen LogP contribution in [0.4, 0.5) is 10.7 Å². The number of aromatic nitrogens is 2. The van der Waals surface area contributed by atoms with Gasteiger partial charge in [-0.2, -0.15) is 4.98 Å². The van der Waals surface area contributed by atoms with E-state index in [-0.39, 0.29) is 12.0 Å². The maximum Gasteiger partial charge on any atom is 0.321 e. The molecular formula is C13H18N4O4. The number of nitrogens with zero attached hydrogens (tertiary/aromatic N) is 2. The second-order valence-electron chi connectivity index (χ2n) is 4.96. The predicted molar refractivity (Wildman–Crippen MR) is 74.2 cm³/mol. The maximum atomic E-state index is 11.9. The molecular weight excluding hydrogens is 276 g/mol. The molecule has 1 saturated carbocycles. The molecule has 0 bridgehead atoms. The molecule has 1 aliphatic rings. The standard InChI is InChI=1S/C13H18N4O4/c1-7-6-10(21-2)16-12(14-7)17-13(20)15-9-5-3-4-8(9)11(18)19/h6,8-9H,3-5H2,1-2H3,(H,18,19)(H2,14,15,16,17,20). The third-order valence-corrected chi connectivity index (χ3v) is 3.41. The number of hydrogen-bond donors (Lipinski definition) is 3. The number of carbonyl (C=O) groups is 2. The second-order valence-corrected chi connectivity index (χ2v) is 4.96. The summed E-state index contributed by atoms with van der Waals surface area (Å²) >= 11 is 0. The fraction of sp³-hybridized carbons (Fsp3) is 0.538. The number of aliphatic carboxylic acids is 1. The summed E-state index contributed by atoms with van der Waals surface area (Å²) in [5, 5.41) is 14.2. The van der Waals surface area contributed by atoms with E-state index in [1.54, 1.807) is 13.0 Å². The Balaban J connectivity index is 1.98. The molecule has 1 aliphatic carbocycles. The normalized spacial score (nSPS) is 20.9. The van der Waals surface area contributed by atoms with Crippen LogP contribution in [-0.2, 0) is 4.79 Å². The Bertz CT molecular complexity index is 549. The van der Waals surface area contributed by atoms with Gasteiger partial charge < -0.3 is 15.2 Å². The first-order chi connectivity index (χ1) is 9.99. The number of carboxylic acids is 1. The summed E-state index contributed by atoms with van der Waals surface area (Å²) < 4.78 is 5.00. The van der Waals surface area contributed by atoms with Crippen LogP contribution in [0.2, 0.25) is 0 Å². The van der Waals surface area contributed by atoms with E-state index in [1.165, 1.54) is 7.11 Å². The summed E-state index contributed by atoms with van der Waals surface area (Å²) in [7, 11) is 1.47. The Morgan fingerprint density at radius 2 is 2.14 bits per heavy atom. The zero-order valence-electron chi connectivity index (χ0n) is 11.9. The molecule has 1 aromatic heterocycles. The largest absolute Gasteiger partial charge is 0.481 e. The van der Waals surface area contributed by atoms with Gasteiger partial charge in [0.15, 0.2) is 0 Å². The lowest BCUT2D eigenvalue weighted by molar-refractivity contribution is -0.142. The number of amides is 2. The van der Waals surface area contributed by atoms with Crippen LogP contribution in [0.1, 0.15) is 25.0 Å². The van der Waals surface area contributed by atoms with Crippen molar-refractivity contribution in [3.05, 3.63) is 11.8 Å². The molecule has 8 nitrogen and oxygen atoms in total. The van der Waals surface area contributed by atoms with Crippen molar-refractivity contribution in [1.29, 1.82) is 0 Å². The number of carboxylic acid groups (broad SMARTS) is 1. The van der Waals surface area contributed by atoms with Crippen LogP contribution in [0, 0.1) is 12.8 Å². The van der Waals surface area contributed by atoms with E-state index < -0.39 is 17.9 Å². The van der Waals surface area contributed by atoms with Crippen molar-refractivity contribution >= 4 is 17.9 Å². The lowest BCUT2D eigenvalue weighted by Crippen LogP contribution is -2.42. The molecule has 0 aromatic carbocycles. The van der Waals surface area contributed by atoms with E-state index >= 15 is 0 Å². The van der Waals surface area contributed by atoms with E-state index in [9.17, 15) is 9.59 Å². The fourth-order valence-corrected chi connectivity index (χ4v) is 2.43. The van der Waals surface area contributed by atoms with Crippen molar-refractivity contribution in [1.82, 2.24) is 15.3 Å². The minimum atomic E-state index is -0.883. The Labute approximate surface area is 121 Å². The van der Waals surface area contributed by atoms with E-state index in [0.717, 1.165) is 6.42 Å². The first-order valence-electron chi connectivity index (χ1n) is 6.69. The van der Waals surface area contributed by atoms with Gasteiger partial charge in [0.2, 0.25) is 11.8 Å². The first-order valence-corrected chi connectivity index (χ1v) is 6.69. The molecule has 2 unspecified atom stereocenters. The highest BCUT2D eigenvalue weighted by Crippen LogP contribution is 2.25. The Morgan fingerprint density at radius 1 is 1.38 bits per heavy atom. The van der Waals surface area contributed by atoms with Crippen molar-refractivity contribution in [3.8, 4) is 5.88 Å². The number of methoxy groups -OCH3 is 1. The fourth-order valence-electron chi connectivity index (χ4n) is 2.43. The Hall–Kier alpha value is -2.38. The van der Waals surface area contributed by atoms with Crippen molar-refractivity contribution < 1.29 is 19.4 Å². The molecule has 1 aromatic rings. The van der Waals surface area contributed by atoms with Crippen LogP contribution in [0.3, 0.4) is 0 Å². The lowest BCUT2D eigenvalue weighted by atomic mass is 10.0. The lowest BCUT2D eigenvalue weighted by Gasteiger charge is -2.17. The van der Waals surface area contributed by atoms with Crippen LogP contribution in [0.25, 0.3) is 0 Å². The van der Waals surface area contributed by atoms with Gasteiger partial charge in [-0.25, -0.2) is 9.78 Å². The van der Waals surface area contributed by atoms with Gasteiger partial charge in [-0.3, -0.25) is 10.1 Å². The number of nitrogens with one attached hydrogen (secondary N) is 2. The summed E-state index contributed by atoms with van der Waals surface area (Å²) in [4.78, 5) is 31.0. The number of anilines is 1. The molecule has 21 heavy (non-hydrogen) atoms. The SMILES string of the molecule is COc1cc(C)nc(NC(=O)NC2CCCC2C(=O)O)n1. The van der Waals surface area contributed by atoms with Crippen molar-refractivity contribution in [2.45, 2.75) is 32.2 Å². The highest BCUT2D eigenvalue weighted by atomic mass is 16.5. The molecule has 8 heteroatoms.